The summed E-state index contributed by atoms with van der Waals surface area (Å²) in [5.74, 6) is 0. The molecule has 15 heavy (non-hydrogen) atoms. The van der Waals surface area contributed by atoms with Gasteiger partial charge >= 0.3 is 0 Å². The molecule has 0 amide bonds. The van der Waals surface area contributed by atoms with Crippen LogP contribution >= 0.6 is 27.5 Å². The zero-order chi connectivity index (χ0) is 11.3. The van der Waals surface area contributed by atoms with Crippen molar-refractivity contribution in [3.05, 3.63) is 33.3 Å². The van der Waals surface area contributed by atoms with Crippen LogP contribution in [0.3, 0.4) is 0 Å². The summed E-state index contributed by atoms with van der Waals surface area (Å²) in [5.41, 5.74) is 1.19. The van der Waals surface area contributed by atoms with Crippen LogP contribution in [-0.2, 0) is 0 Å². The molecule has 0 saturated carbocycles. The monoisotopic (exact) mass is 289 g/mol. The lowest BCUT2D eigenvalue weighted by Gasteiger charge is -2.19. The predicted molar refractivity (Wildman–Crippen MR) is 70.5 cm³/mol. The Morgan fingerprint density at radius 2 is 2.13 bits per heavy atom. The van der Waals surface area contributed by atoms with Gasteiger partial charge in [0.25, 0.3) is 0 Å². The summed E-state index contributed by atoms with van der Waals surface area (Å²) >= 11 is 9.68. The molecule has 0 fully saturated rings. The summed E-state index contributed by atoms with van der Waals surface area (Å²) in [6, 6.07) is 6.39. The molecule has 0 aliphatic heterocycles. The Morgan fingerprint density at radius 1 is 1.40 bits per heavy atom. The zero-order valence-corrected chi connectivity index (χ0v) is 11.5. The quantitative estimate of drug-likeness (QED) is 0.838. The Labute approximate surface area is 105 Å². The minimum atomic E-state index is 0.366. The molecule has 84 valence electrons. The zero-order valence-electron chi connectivity index (χ0n) is 9.19. The second kappa shape index (κ2) is 6.51. The predicted octanol–water partition coefficient (Wildman–Crippen LogP) is 4.55. The third-order valence-corrected chi connectivity index (χ3v) is 3.20. The lowest BCUT2D eigenvalue weighted by molar-refractivity contribution is 0.509. The summed E-state index contributed by atoms with van der Waals surface area (Å²) in [6.07, 6.45) is 2.27. The minimum Gasteiger partial charge on any atom is -0.310 e. The van der Waals surface area contributed by atoms with Gasteiger partial charge in [0.1, 0.15) is 0 Å². The number of nitrogens with one attached hydrogen (secondary N) is 1. The first-order chi connectivity index (χ1) is 7.19. The van der Waals surface area contributed by atoms with E-state index in [1.54, 1.807) is 0 Å². The molecule has 1 aromatic carbocycles. The van der Waals surface area contributed by atoms with Crippen molar-refractivity contribution in [3.8, 4) is 0 Å². The number of hydrogen-bond acceptors (Lipinski definition) is 1. The molecule has 0 spiro atoms. The highest BCUT2D eigenvalue weighted by Gasteiger charge is 2.12. The van der Waals surface area contributed by atoms with Crippen LogP contribution < -0.4 is 5.32 Å². The molecule has 0 saturated heterocycles. The molecule has 0 aliphatic rings. The van der Waals surface area contributed by atoms with Gasteiger partial charge in [-0.15, -0.1) is 0 Å². The highest BCUT2D eigenvalue weighted by molar-refractivity contribution is 9.10. The lowest BCUT2D eigenvalue weighted by Crippen LogP contribution is -2.21. The molecule has 1 N–H and O–H groups in total. The first kappa shape index (κ1) is 13.0. The van der Waals surface area contributed by atoms with E-state index in [2.05, 4.69) is 41.2 Å². The standard InChI is InChI=1S/C12H17BrClN/c1-3-5-12(15-4-2)10-8-9(13)6-7-11(10)14/h6-8,12,15H,3-5H2,1-2H3. The maximum absolute atomic E-state index is 6.20. The largest absolute Gasteiger partial charge is 0.310 e. The van der Waals surface area contributed by atoms with E-state index in [1.165, 1.54) is 5.56 Å². The third-order valence-electron chi connectivity index (χ3n) is 2.36. The Bertz CT molecular complexity index is 308. The molecule has 0 bridgehead atoms. The fraction of sp³-hybridized carbons (Fsp3) is 0.500. The van der Waals surface area contributed by atoms with Crippen LogP contribution in [0, 0.1) is 0 Å². The van der Waals surface area contributed by atoms with E-state index in [1.807, 2.05) is 12.1 Å². The van der Waals surface area contributed by atoms with Crippen LogP contribution in [0.25, 0.3) is 0 Å². The van der Waals surface area contributed by atoms with E-state index >= 15 is 0 Å². The van der Waals surface area contributed by atoms with Crippen molar-refractivity contribution in [2.45, 2.75) is 32.7 Å². The average Bonchev–Trinajstić information content (AvgIpc) is 2.21. The molecule has 1 aromatic rings. The Hall–Kier alpha value is -0.0500. The topological polar surface area (TPSA) is 12.0 Å². The highest BCUT2D eigenvalue weighted by Crippen LogP contribution is 2.28. The van der Waals surface area contributed by atoms with Crippen LogP contribution in [0.15, 0.2) is 22.7 Å². The van der Waals surface area contributed by atoms with Gasteiger partial charge in [0.2, 0.25) is 0 Å². The smallest absolute Gasteiger partial charge is 0.0454 e. The molecule has 0 heterocycles. The Morgan fingerprint density at radius 3 is 2.73 bits per heavy atom. The van der Waals surface area contributed by atoms with Gasteiger partial charge in [0.15, 0.2) is 0 Å². The summed E-state index contributed by atoms with van der Waals surface area (Å²) < 4.78 is 1.08. The third kappa shape index (κ3) is 3.78. The van der Waals surface area contributed by atoms with Gasteiger partial charge < -0.3 is 5.32 Å². The van der Waals surface area contributed by atoms with Gasteiger partial charge in [-0.3, -0.25) is 0 Å². The number of benzene rings is 1. The van der Waals surface area contributed by atoms with Gasteiger partial charge in [-0.2, -0.15) is 0 Å². The van der Waals surface area contributed by atoms with E-state index in [-0.39, 0.29) is 0 Å². The molecule has 1 rings (SSSR count). The molecule has 3 heteroatoms. The van der Waals surface area contributed by atoms with Crippen molar-refractivity contribution >= 4 is 27.5 Å². The molecule has 1 nitrogen and oxygen atoms in total. The normalized spacial score (nSPS) is 12.8. The first-order valence-electron chi connectivity index (χ1n) is 5.37. The minimum absolute atomic E-state index is 0.366. The number of hydrogen-bond donors (Lipinski definition) is 1. The fourth-order valence-electron chi connectivity index (χ4n) is 1.68. The van der Waals surface area contributed by atoms with Gasteiger partial charge in [-0.05, 0) is 36.7 Å². The van der Waals surface area contributed by atoms with E-state index in [0.717, 1.165) is 28.9 Å². The summed E-state index contributed by atoms with van der Waals surface area (Å²) in [6.45, 7) is 5.28. The molecule has 1 atom stereocenters. The van der Waals surface area contributed by atoms with Gasteiger partial charge in [-0.1, -0.05) is 47.8 Å². The Balaban J connectivity index is 2.93. The van der Waals surface area contributed by atoms with Crippen LogP contribution in [0.2, 0.25) is 5.02 Å². The lowest BCUT2D eigenvalue weighted by atomic mass is 10.0. The second-order valence-corrected chi connectivity index (χ2v) is 4.89. The molecule has 1 unspecified atom stereocenters. The maximum Gasteiger partial charge on any atom is 0.0454 e. The van der Waals surface area contributed by atoms with Crippen LogP contribution in [0.1, 0.15) is 38.3 Å². The summed E-state index contributed by atoms with van der Waals surface area (Å²) in [5, 5.41) is 4.31. The van der Waals surface area contributed by atoms with Crippen molar-refractivity contribution in [1.82, 2.24) is 5.32 Å². The fourth-order valence-corrected chi connectivity index (χ4v) is 2.31. The van der Waals surface area contributed by atoms with Crippen molar-refractivity contribution < 1.29 is 0 Å². The molecule has 0 aromatic heterocycles. The maximum atomic E-state index is 6.20. The van der Waals surface area contributed by atoms with Gasteiger partial charge in [0, 0.05) is 15.5 Å². The van der Waals surface area contributed by atoms with Crippen molar-refractivity contribution in [2.24, 2.45) is 0 Å². The highest BCUT2D eigenvalue weighted by atomic mass is 79.9. The average molecular weight is 291 g/mol. The molecular weight excluding hydrogens is 273 g/mol. The van der Waals surface area contributed by atoms with Crippen molar-refractivity contribution in [2.75, 3.05) is 6.54 Å². The first-order valence-corrected chi connectivity index (χ1v) is 6.54. The van der Waals surface area contributed by atoms with E-state index in [0.29, 0.717) is 6.04 Å². The van der Waals surface area contributed by atoms with E-state index < -0.39 is 0 Å². The number of halogens is 2. The molecule has 0 aliphatic carbocycles. The van der Waals surface area contributed by atoms with E-state index in [9.17, 15) is 0 Å². The summed E-state index contributed by atoms with van der Waals surface area (Å²) in [7, 11) is 0. The van der Waals surface area contributed by atoms with Crippen LogP contribution in [0.4, 0.5) is 0 Å². The van der Waals surface area contributed by atoms with Gasteiger partial charge in [0.05, 0.1) is 0 Å². The Kier molecular flexibility index (Phi) is 5.65. The molecule has 0 radical (unpaired) electrons. The van der Waals surface area contributed by atoms with Crippen LogP contribution in [-0.4, -0.2) is 6.54 Å². The van der Waals surface area contributed by atoms with E-state index in [4.69, 9.17) is 11.6 Å². The molecular formula is C12H17BrClN. The van der Waals surface area contributed by atoms with Crippen molar-refractivity contribution in [3.63, 3.8) is 0 Å². The SMILES string of the molecule is CCCC(NCC)c1cc(Br)ccc1Cl. The van der Waals surface area contributed by atoms with Crippen molar-refractivity contribution in [1.29, 1.82) is 0 Å². The second-order valence-electron chi connectivity index (χ2n) is 3.56. The van der Waals surface area contributed by atoms with Crippen LogP contribution in [0.5, 0.6) is 0 Å². The summed E-state index contributed by atoms with van der Waals surface area (Å²) in [4.78, 5) is 0. The number of rotatable bonds is 5. The van der Waals surface area contributed by atoms with Gasteiger partial charge in [-0.25, -0.2) is 0 Å².